The molecule has 0 aliphatic carbocycles. The molecule has 0 amide bonds. The van der Waals surface area contributed by atoms with Gasteiger partial charge in [-0.1, -0.05) is 0 Å². The van der Waals surface area contributed by atoms with Crippen LogP contribution in [0.1, 0.15) is 30.3 Å². The number of nitrogens with zero attached hydrogens (tertiary/aromatic N) is 1. The molecule has 14 heavy (non-hydrogen) atoms. The van der Waals surface area contributed by atoms with Crippen LogP contribution >= 0.6 is 11.3 Å². The van der Waals surface area contributed by atoms with Gasteiger partial charge in [0, 0.05) is 11.8 Å². The number of Topliss-reactive ketones (excluding diaryl/α,β-unsaturated/α-hetero) is 1. The Morgan fingerprint density at radius 2 is 2.29 bits per heavy atom. The van der Waals surface area contributed by atoms with Crippen molar-refractivity contribution in [3.05, 3.63) is 16.6 Å². The van der Waals surface area contributed by atoms with Crippen LogP contribution in [0.3, 0.4) is 0 Å². The summed E-state index contributed by atoms with van der Waals surface area (Å²) in [7, 11) is 0. The third-order valence-corrected chi connectivity index (χ3v) is 2.17. The van der Waals surface area contributed by atoms with Crippen LogP contribution in [-0.2, 0) is 9.53 Å². The van der Waals surface area contributed by atoms with Crippen LogP contribution in [0, 0.1) is 0 Å². The molecular weight excluding hydrogens is 202 g/mol. The first-order valence-corrected chi connectivity index (χ1v) is 5.25. The van der Waals surface area contributed by atoms with E-state index in [9.17, 15) is 9.59 Å². The van der Waals surface area contributed by atoms with E-state index in [1.54, 1.807) is 17.8 Å². The standard InChI is InChI=1S/C9H11NO3S/c1-2-13-9(12)4-3-8(11)7-5-14-6-10-7/h5-6H,2-4H2,1H3. The van der Waals surface area contributed by atoms with Crippen molar-refractivity contribution in [1.82, 2.24) is 4.98 Å². The maximum absolute atomic E-state index is 11.4. The average Bonchev–Trinajstić information content (AvgIpc) is 2.67. The van der Waals surface area contributed by atoms with Crippen molar-refractivity contribution in [2.24, 2.45) is 0 Å². The zero-order chi connectivity index (χ0) is 10.4. The van der Waals surface area contributed by atoms with Crippen LogP contribution in [0.5, 0.6) is 0 Å². The Hall–Kier alpha value is -1.23. The molecule has 1 aromatic heterocycles. The highest BCUT2D eigenvalue weighted by Crippen LogP contribution is 2.06. The SMILES string of the molecule is CCOC(=O)CCC(=O)c1cscn1. The molecule has 0 fully saturated rings. The average molecular weight is 213 g/mol. The number of ketones is 1. The molecule has 4 nitrogen and oxygen atoms in total. The van der Waals surface area contributed by atoms with Crippen molar-refractivity contribution in [3.63, 3.8) is 0 Å². The molecule has 1 aromatic rings. The van der Waals surface area contributed by atoms with Crippen molar-refractivity contribution in [2.45, 2.75) is 19.8 Å². The van der Waals surface area contributed by atoms with Gasteiger partial charge in [0.15, 0.2) is 5.78 Å². The molecule has 0 saturated carbocycles. The third-order valence-electron chi connectivity index (χ3n) is 1.58. The Bertz CT molecular complexity index is 308. The number of hydrogen-bond acceptors (Lipinski definition) is 5. The zero-order valence-electron chi connectivity index (χ0n) is 7.86. The van der Waals surface area contributed by atoms with Crippen LogP contribution in [0.15, 0.2) is 10.9 Å². The maximum atomic E-state index is 11.4. The highest BCUT2D eigenvalue weighted by molar-refractivity contribution is 7.07. The summed E-state index contributed by atoms with van der Waals surface area (Å²) < 4.78 is 4.70. The number of aromatic nitrogens is 1. The Morgan fingerprint density at radius 1 is 1.50 bits per heavy atom. The number of ether oxygens (including phenoxy) is 1. The van der Waals surface area contributed by atoms with E-state index in [4.69, 9.17) is 4.74 Å². The van der Waals surface area contributed by atoms with Crippen molar-refractivity contribution in [3.8, 4) is 0 Å². The number of carbonyl (C=O) groups is 2. The van der Waals surface area contributed by atoms with E-state index in [2.05, 4.69) is 4.98 Å². The second kappa shape index (κ2) is 5.49. The summed E-state index contributed by atoms with van der Waals surface area (Å²) in [5.74, 6) is -0.449. The third kappa shape index (κ3) is 3.26. The molecule has 0 N–H and O–H groups in total. The molecule has 0 atom stereocenters. The zero-order valence-corrected chi connectivity index (χ0v) is 8.67. The molecule has 0 aliphatic rings. The normalized spacial score (nSPS) is 9.79. The quantitative estimate of drug-likeness (QED) is 0.551. The number of carbonyl (C=O) groups excluding carboxylic acids is 2. The molecule has 0 saturated heterocycles. The summed E-state index contributed by atoms with van der Waals surface area (Å²) in [6.45, 7) is 2.09. The minimum absolute atomic E-state index is 0.112. The van der Waals surface area contributed by atoms with Gasteiger partial charge >= 0.3 is 5.97 Å². The van der Waals surface area contributed by atoms with Crippen LogP contribution < -0.4 is 0 Å². The van der Waals surface area contributed by atoms with Gasteiger partial charge < -0.3 is 4.74 Å². The number of hydrogen-bond donors (Lipinski definition) is 0. The highest BCUT2D eigenvalue weighted by atomic mass is 32.1. The first-order valence-electron chi connectivity index (χ1n) is 4.31. The van der Waals surface area contributed by atoms with E-state index in [0.717, 1.165) is 0 Å². The van der Waals surface area contributed by atoms with Gasteiger partial charge in [0.1, 0.15) is 5.69 Å². The van der Waals surface area contributed by atoms with Crippen molar-refractivity contribution >= 4 is 23.1 Å². The molecule has 0 aliphatic heterocycles. The number of rotatable bonds is 5. The predicted octanol–water partition coefficient (Wildman–Crippen LogP) is 1.67. The first kappa shape index (κ1) is 10.8. The lowest BCUT2D eigenvalue weighted by Crippen LogP contribution is -2.08. The van der Waals surface area contributed by atoms with E-state index in [1.165, 1.54) is 11.3 Å². The van der Waals surface area contributed by atoms with Gasteiger partial charge in [-0.05, 0) is 6.92 Å². The fraction of sp³-hybridized carbons (Fsp3) is 0.444. The van der Waals surface area contributed by atoms with Crippen molar-refractivity contribution in [2.75, 3.05) is 6.61 Å². The summed E-state index contributed by atoms with van der Waals surface area (Å²) in [6.07, 6.45) is 0.298. The molecule has 0 bridgehead atoms. The smallest absolute Gasteiger partial charge is 0.306 e. The molecule has 0 spiro atoms. The minimum atomic E-state index is -0.337. The van der Waals surface area contributed by atoms with Crippen LogP contribution in [0.25, 0.3) is 0 Å². The summed E-state index contributed by atoms with van der Waals surface area (Å²) in [5.41, 5.74) is 2.02. The Labute approximate surface area is 85.9 Å². The Balaban J connectivity index is 2.32. The summed E-state index contributed by atoms with van der Waals surface area (Å²) in [4.78, 5) is 26.1. The minimum Gasteiger partial charge on any atom is -0.466 e. The second-order valence-corrected chi connectivity index (χ2v) is 3.32. The summed E-state index contributed by atoms with van der Waals surface area (Å²) >= 11 is 1.36. The molecule has 1 rings (SSSR count). The lowest BCUT2D eigenvalue weighted by molar-refractivity contribution is -0.143. The second-order valence-electron chi connectivity index (χ2n) is 2.60. The lowest BCUT2D eigenvalue weighted by Gasteiger charge is -1.99. The monoisotopic (exact) mass is 213 g/mol. The molecule has 76 valence electrons. The van der Waals surface area contributed by atoms with Gasteiger partial charge in [-0.25, -0.2) is 4.98 Å². The fourth-order valence-corrected chi connectivity index (χ4v) is 1.48. The van der Waals surface area contributed by atoms with Crippen LogP contribution in [0.4, 0.5) is 0 Å². The van der Waals surface area contributed by atoms with Gasteiger partial charge in [0.2, 0.25) is 0 Å². The molecule has 1 heterocycles. The molecule has 0 unspecified atom stereocenters. The number of esters is 1. The highest BCUT2D eigenvalue weighted by Gasteiger charge is 2.10. The van der Waals surface area contributed by atoms with Crippen molar-refractivity contribution < 1.29 is 14.3 Å². The predicted molar refractivity (Wildman–Crippen MR) is 52.3 cm³/mol. The summed E-state index contributed by atoms with van der Waals surface area (Å²) in [5, 5.41) is 1.67. The largest absolute Gasteiger partial charge is 0.466 e. The van der Waals surface area contributed by atoms with Gasteiger partial charge in [-0.2, -0.15) is 0 Å². The first-order chi connectivity index (χ1) is 6.74. The lowest BCUT2D eigenvalue weighted by atomic mass is 10.2. The van der Waals surface area contributed by atoms with Gasteiger partial charge in [0.05, 0.1) is 18.5 Å². The van der Waals surface area contributed by atoms with E-state index in [-0.39, 0.29) is 24.6 Å². The maximum Gasteiger partial charge on any atom is 0.306 e. The topological polar surface area (TPSA) is 56.3 Å². The van der Waals surface area contributed by atoms with Gasteiger partial charge in [-0.15, -0.1) is 11.3 Å². The molecule has 0 aromatic carbocycles. The van der Waals surface area contributed by atoms with E-state index in [1.807, 2.05) is 0 Å². The van der Waals surface area contributed by atoms with Gasteiger partial charge in [0.25, 0.3) is 0 Å². The number of thiazole rings is 1. The van der Waals surface area contributed by atoms with E-state index in [0.29, 0.717) is 12.3 Å². The fourth-order valence-electron chi connectivity index (χ4n) is 0.927. The Kier molecular flexibility index (Phi) is 4.25. The van der Waals surface area contributed by atoms with E-state index < -0.39 is 0 Å². The molecule has 5 heteroatoms. The van der Waals surface area contributed by atoms with Crippen LogP contribution in [-0.4, -0.2) is 23.3 Å². The summed E-state index contributed by atoms with van der Waals surface area (Å²) in [6, 6.07) is 0. The van der Waals surface area contributed by atoms with Crippen LogP contribution in [0.2, 0.25) is 0 Å². The molecule has 0 radical (unpaired) electrons. The van der Waals surface area contributed by atoms with E-state index >= 15 is 0 Å². The van der Waals surface area contributed by atoms with Gasteiger partial charge in [-0.3, -0.25) is 9.59 Å². The van der Waals surface area contributed by atoms with Crippen molar-refractivity contribution in [1.29, 1.82) is 0 Å². The molecular formula is C9H11NO3S. The Morgan fingerprint density at radius 3 is 2.86 bits per heavy atom.